The first kappa shape index (κ1) is 17.7. The highest BCUT2D eigenvalue weighted by molar-refractivity contribution is 9.10. The van der Waals surface area contributed by atoms with E-state index in [9.17, 15) is 14.9 Å². The van der Waals surface area contributed by atoms with Crippen LogP contribution in [0.3, 0.4) is 0 Å². The minimum atomic E-state index is -0.511. The summed E-state index contributed by atoms with van der Waals surface area (Å²) in [6.07, 6.45) is 0. The molecule has 0 spiro atoms. The van der Waals surface area contributed by atoms with E-state index in [1.54, 1.807) is 19.2 Å². The molecule has 0 atom stereocenters. The van der Waals surface area contributed by atoms with Gasteiger partial charge in [-0.05, 0) is 29.8 Å². The SMILES string of the molecule is COc1cc(Br)c(CNC(=O)c2ccc([N+](=O)[O-])cc2)cc1OC. The van der Waals surface area contributed by atoms with Crippen molar-refractivity contribution in [3.63, 3.8) is 0 Å². The van der Waals surface area contributed by atoms with Crippen LogP contribution in [0, 0.1) is 10.1 Å². The van der Waals surface area contributed by atoms with Crippen molar-refractivity contribution in [1.29, 1.82) is 0 Å². The van der Waals surface area contributed by atoms with Crippen LogP contribution in [0.25, 0.3) is 0 Å². The summed E-state index contributed by atoms with van der Waals surface area (Å²) < 4.78 is 11.2. The van der Waals surface area contributed by atoms with Crippen LogP contribution in [0.1, 0.15) is 15.9 Å². The molecule has 0 aliphatic rings. The van der Waals surface area contributed by atoms with E-state index in [0.717, 1.165) is 10.0 Å². The topological polar surface area (TPSA) is 90.7 Å². The molecule has 1 N–H and O–H groups in total. The van der Waals surface area contributed by atoms with Gasteiger partial charge in [-0.3, -0.25) is 14.9 Å². The van der Waals surface area contributed by atoms with Crippen LogP contribution < -0.4 is 14.8 Å². The summed E-state index contributed by atoms with van der Waals surface area (Å²) in [6.45, 7) is 0.261. The maximum Gasteiger partial charge on any atom is 0.269 e. The molecule has 0 fully saturated rings. The molecule has 0 heterocycles. The number of nitrogens with one attached hydrogen (secondary N) is 1. The van der Waals surface area contributed by atoms with Gasteiger partial charge in [0.15, 0.2) is 11.5 Å². The summed E-state index contributed by atoms with van der Waals surface area (Å²) >= 11 is 3.42. The van der Waals surface area contributed by atoms with Crippen molar-refractivity contribution in [3.8, 4) is 11.5 Å². The summed E-state index contributed by atoms with van der Waals surface area (Å²) in [5, 5.41) is 13.4. The first-order chi connectivity index (χ1) is 11.5. The second kappa shape index (κ2) is 7.78. The van der Waals surface area contributed by atoms with E-state index >= 15 is 0 Å². The van der Waals surface area contributed by atoms with Gasteiger partial charge in [-0.25, -0.2) is 0 Å². The zero-order chi connectivity index (χ0) is 17.7. The van der Waals surface area contributed by atoms with Crippen LogP contribution in [-0.2, 0) is 6.54 Å². The number of rotatable bonds is 6. The van der Waals surface area contributed by atoms with Gasteiger partial charge in [0, 0.05) is 28.7 Å². The van der Waals surface area contributed by atoms with E-state index in [0.29, 0.717) is 17.1 Å². The molecule has 0 bridgehead atoms. The monoisotopic (exact) mass is 394 g/mol. The number of nitrogens with zero attached hydrogens (tertiary/aromatic N) is 1. The lowest BCUT2D eigenvalue weighted by molar-refractivity contribution is -0.384. The van der Waals surface area contributed by atoms with Crippen molar-refractivity contribution in [1.82, 2.24) is 5.32 Å². The summed E-state index contributed by atoms with van der Waals surface area (Å²) in [5.74, 6) is 0.807. The van der Waals surface area contributed by atoms with Crippen molar-refractivity contribution >= 4 is 27.5 Å². The van der Waals surface area contributed by atoms with Crippen LogP contribution in [-0.4, -0.2) is 25.1 Å². The average Bonchev–Trinajstić information content (AvgIpc) is 2.60. The lowest BCUT2D eigenvalue weighted by Crippen LogP contribution is -2.23. The highest BCUT2D eigenvalue weighted by atomic mass is 79.9. The molecular formula is C16H15BrN2O5. The Balaban J connectivity index is 2.10. The molecule has 2 aromatic carbocycles. The van der Waals surface area contributed by atoms with E-state index in [4.69, 9.17) is 9.47 Å². The molecule has 8 heteroatoms. The fourth-order valence-corrected chi connectivity index (χ4v) is 2.51. The molecule has 0 saturated heterocycles. The zero-order valence-corrected chi connectivity index (χ0v) is 14.6. The first-order valence-electron chi connectivity index (χ1n) is 6.89. The molecule has 0 saturated carbocycles. The molecule has 24 heavy (non-hydrogen) atoms. The minimum Gasteiger partial charge on any atom is -0.493 e. The van der Waals surface area contributed by atoms with Gasteiger partial charge in [0.25, 0.3) is 11.6 Å². The first-order valence-corrected chi connectivity index (χ1v) is 7.68. The summed E-state index contributed by atoms with van der Waals surface area (Å²) in [6, 6.07) is 8.93. The number of benzene rings is 2. The third-order valence-electron chi connectivity index (χ3n) is 3.33. The molecule has 0 aliphatic heterocycles. The molecular weight excluding hydrogens is 380 g/mol. The van der Waals surface area contributed by atoms with Gasteiger partial charge in [-0.2, -0.15) is 0 Å². The number of non-ortho nitro benzene ring substituents is 1. The highest BCUT2D eigenvalue weighted by Crippen LogP contribution is 2.33. The standard InChI is InChI=1S/C16H15BrN2O5/c1-23-14-7-11(13(17)8-15(14)24-2)9-18-16(20)10-3-5-12(6-4-10)19(21)22/h3-8H,9H2,1-2H3,(H,18,20). The lowest BCUT2D eigenvalue weighted by atomic mass is 10.1. The van der Waals surface area contributed by atoms with Crippen LogP contribution in [0.15, 0.2) is 40.9 Å². The Morgan fingerprint density at radius 3 is 2.29 bits per heavy atom. The Labute approximate surface area is 146 Å². The molecule has 7 nitrogen and oxygen atoms in total. The maximum atomic E-state index is 12.1. The Kier molecular flexibility index (Phi) is 5.75. The zero-order valence-electron chi connectivity index (χ0n) is 13.0. The molecule has 0 aliphatic carbocycles. The predicted octanol–water partition coefficient (Wildman–Crippen LogP) is 3.30. The molecule has 2 rings (SSSR count). The predicted molar refractivity (Wildman–Crippen MR) is 91.5 cm³/mol. The summed E-state index contributed by atoms with van der Waals surface area (Å²) in [7, 11) is 3.07. The number of hydrogen-bond donors (Lipinski definition) is 1. The fraction of sp³-hybridized carbons (Fsp3) is 0.188. The second-order valence-corrected chi connectivity index (χ2v) is 5.64. The Morgan fingerprint density at radius 1 is 1.17 bits per heavy atom. The fourth-order valence-electron chi connectivity index (χ4n) is 2.04. The van der Waals surface area contributed by atoms with Gasteiger partial charge in [0.1, 0.15) is 0 Å². The average molecular weight is 395 g/mol. The van der Waals surface area contributed by atoms with Crippen LogP contribution in [0.5, 0.6) is 11.5 Å². The van der Waals surface area contributed by atoms with Crippen molar-refractivity contribution in [2.45, 2.75) is 6.54 Å². The Morgan fingerprint density at radius 2 is 1.75 bits per heavy atom. The van der Waals surface area contributed by atoms with Crippen molar-refractivity contribution in [3.05, 3.63) is 62.1 Å². The number of carbonyl (C=O) groups is 1. The van der Waals surface area contributed by atoms with Crippen molar-refractivity contribution in [2.24, 2.45) is 0 Å². The normalized spacial score (nSPS) is 10.1. The van der Waals surface area contributed by atoms with E-state index in [1.807, 2.05) is 0 Å². The quantitative estimate of drug-likeness (QED) is 0.599. The van der Waals surface area contributed by atoms with Crippen molar-refractivity contribution in [2.75, 3.05) is 14.2 Å². The Hall–Kier alpha value is -2.61. The second-order valence-electron chi connectivity index (χ2n) is 4.79. The molecule has 0 unspecified atom stereocenters. The van der Waals surface area contributed by atoms with E-state index in [2.05, 4.69) is 21.2 Å². The van der Waals surface area contributed by atoms with Gasteiger partial charge in [0.05, 0.1) is 19.1 Å². The van der Waals surface area contributed by atoms with Gasteiger partial charge in [0.2, 0.25) is 0 Å². The van der Waals surface area contributed by atoms with Gasteiger partial charge >= 0.3 is 0 Å². The largest absolute Gasteiger partial charge is 0.493 e. The highest BCUT2D eigenvalue weighted by Gasteiger charge is 2.12. The van der Waals surface area contributed by atoms with E-state index < -0.39 is 4.92 Å². The van der Waals surface area contributed by atoms with Crippen LogP contribution in [0.2, 0.25) is 0 Å². The number of halogens is 1. The number of methoxy groups -OCH3 is 2. The van der Waals surface area contributed by atoms with Crippen molar-refractivity contribution < 1.29 is 19.2 Å². The van der Waals surface area contributed by atoms with Crippen LogP contribution in [0.4, 0.5) is 5.69 Å². The third-order valence-corrected chi connectivity index (χ3v) is 4.07. The smallest absolute Gasteiger partial charge is 0.269 e. The number of nitro groups is 1. The molecule has 0 aromatic heterocycles. The number of ether oxygens (including phenoxy) is 2. The summed E-state index contributed by atoms with van der Waals surface area (Å²) in [4.78, 5) is 22.2. The number of hydrogen-bond acceptors (Lipinski definition) is 5. The van der Waals surface area contributed by atoms with Gasteiger partial charge < -0.3 is 14.8 Å². The lowest BCUT2D eigenvalue weighted by Gasteiger charge is -2.12. The summed E-state index contributed by atoms with van der Waals surface area (Å²) in [5.41, 5.74) is 1.09. The molecule has 0 radical (unpaired) electrons. The molecule has 1 amide bonds. The van der Waals surface area contributed by atoms with Crippen LogP contribution >= 0.6 is 15.9 Å². The number of carbonyl (C=O) groups excluding carboxylic acids is 1. The van der Waals surface area contributed by atoms with E-state index in [1.165, 1.54) is 31.4 Å². The number of nitro benzene ring substituents is 1. The van der Waals surface area contributed by atoms with Gasteiger partial charge in [-0.1, -0.05) is 15.9 Å². The molecule has 126 valence electrons. The van der Waals surface area contributed by atoms with Gasteiger partial charge in [-0.15, -0.1) is 0 Å². The maximum absolute atomic E-state index is 12.1. The third kappa shape index (κ3) is 4.02. The molecule has 2 aromatic rings. The number of amides is 1. The minimum absolute atomic E-state index is 0.0609. The Bertz CT molecular complexity index is 762. The van der Waals surface area contributed by atoms with E-state index in [-0.39, 0.29) is 18.1 Å².